The van der Waals surface area contributed by atoms with E-state index in [0.717, 1.165) is 18.8 Å². The molecule has 2 rings (SSSR count). The van der Waals surface area contributed by atoms with Crippen LogP contribution in [0, 0.1) is 17.2 Å². The van der Waals surface area contributed by atoms with Crippen molar-refractivity contribution in [3.05, 3.63) is 24.3 Å². The Balaban J connectivity index is 1.89. The van der Waals surface area contributed by atoms with Crippen LogP contribution in [0.25, 0.3) is 0 Å². The Morgan fingerprint density at radius 2 is 2.18 bits per heavy atom. The van der Waals surface area contributed by atoms with Crippen molar-refractivity contribution in [3.63, 3.8) is 0 Å². The highest BCUT2D eigenvalue weighted by molar-refractivity contribution is 5.93. The van der Waals surface area contributed by atoms with Gasteiger partial charge in [0.1, 0.15) is 11.8 Å². The standard InChI is InChI=1S/C12H13N3O2/c13-5-6-17-11-3-1-10(2-4-11)15-12(16)9-7-14-8-9/h1-4,9,14H,6-8H2,(H,15,16). The maximum absolute atomic E-state index is 11.6. The Bertz CT molecular complexity index is 432. The molecule has 1 amide bonds. The third-order valence-corrected chi connectivity index (χ3v) is 2.58. The molecule has 0 aromatic heterocycles. The van der Waals surface area contributed by atoms with E-state index in [2.05, 4.69) is 10.6 Å². The van der Waals surface area contributed by atoms with E-state index in [4.69, 9.17) is 10.00 Å². The Morgan fingerprint density at radius 1 is 1.47 bits per heavy atom. The van der Waals surface area contributed by atoms with Gasteiger partial charge in [0.25, 0.3) is 0 Å². The molecule has 0 unspecified atom stereocenters. The van der Waals surface area contributed by atoms with Crippen LogP contribution in [0.2, 0.25) is 0 Å². The van der Waals surface area contributed by atoms with Gasteiger partial charge in [0, 0.05) is 18.8 Å². The molecule has 1 aliphatic rings. The lowest BCUT2D eigenvalue weighted by Gasteiger charge is -2.25. The number of carbonyl (C=O) groups is 1. The van der Waals surface area contributed by atoms with Gasteiger partial charge in [-0.1, -0.05) is 0 Å². The zero-order chi connectivity index (χ0) is 12.1. The quantitative estimate of drug-likeness (QED) is 0.801. The summed E-state index contributed by atoms with van der Waals surface area (Å²) in [5.41, 5.74) is 0.742. The highest BCUT2D eigenvalue weighted by atomic mass is 16.5. The van der Waals surface area contributed by atoms with Crippen molar-refractivity contribution in [2.75, 3.05) is 25.0 Å². The van der Waals surface area contributed by atoms with Gasteiger partial charge in [-0.15, -0.1) is 0 Å². The zero-order valence-corrected chi connectivity index (χ0v) is 9.27. The fourth-order valence-corrected chi connectivity index (χ4v) is 1.47. The van der Waals surface area contributed by atoms with E-state index in [1.165, 1.54) is 0 Å². The lowest BCUT2D eigenvalue weighted by Crippen LogP contribution is -2.48. The number of nitrogens with zero attached hydrogens (tertiary/aromatic N) is 1. The Hall–Kier alpha value is -2.06. The normalized spacial score (nSPS) is 14.5. The van der Waals surface area contributed by atoms with Crippen molar-refractivity contribution < 1.29 is 9.53 Å². The van der Waals surface area contributed by atoms with E-state index in [0.29, 0.717) is 5.75 Å². The van der Waals surface area contributed by atoms with E-state index >= 15 is 0 Å². The van der Waals surface area contributed by atoms with Gasteiger partial charge in [-0.25, -0.2) is 0 Å². The number of rotatable bonds is 4. The molecule has 88 valence electrons. The summed E-state index contributed by atoms with van der Waals surface area (Å²) in [6, 6.07) is 8.87. The monoisotopic (exact) mass is 231 g/mol. The minimum absolute atomic E-state index is 0.0272. The van der Waals surface area contributed by atoms with Crippen molar-refractivity contribution in [1.29, 1.82) is 5.26 Å². The Kier molecular flexibility index (Phi) is 3.58. The molecule has 0 spiro atoms. The van der Waals surface area contributed by atoms with E-state index in [9.17, 15) is 4.79 Å². The van der Waals surface area contributed by atoms with Gasteiger partial charge >= 0.3 is 0 Å². The molecule has 0 aliphatic carbocycles. The summed E-state index contributed by atoms with van der Waals surface area (Å²) in [6.45, 7) is 1.52. The van der Waals surface area contributed by atoms with Gasteiger partial charge in [0.05, 0.1) is 5.92 Å². The summed E-state index contributed by atoms with van der Waals surface area (Å²) in [7, 11) is 0. The van der Waals surface area contributed by atoms with E-state index < -0.39 is 0 Å². The molecule has 0 radical (unpaired) electrons. The third kappa shape index (κ3) is 2.95. The van der Waals surface area contributed by atoms with Crippen LogP contribution in [0.1, 0.15) is 0 Å². The van der Waals surface area contributed by atoms with Crippen molar-refractivity contribution in [2.45, 2.75) is 0 Å². The first-order chi connectivity index (χ1) is 8.29. The maximum Gasteiger partial charge on any atom is 0.230 e. The van der Waals surface area contributed by atoms with E-state index in [1.807, 2.05) is 6.07 Å². The summed E-state index contributed by atoms with van der Waals surface area (Å²) >= 11 is 0. The molecule has 1 fully saturated rings. The van der Waals surface area contributed by atoms with Crippen LogP contribution in [0.5, 0.6) is 5.75 Å². The Labute approximate surface area is 99.4 Å². The molecular weight excluding hydrogens is 218 g/mol. The second-order valence-corrected chi connectivity index (χ2v) is 3.82. The fourth-order valence-electron chi connectivity index (χ4n) is 1.47. The first-order valence-corrected chi connectivity index (χ1v) is 5.41. The number of benzene rings is 1. The SMILES string of the molecule is N#CCOc1ccc(NC(=O)C2CNC2)cc1. The molecular formula is C12H13N3O2. The number of hydrogen-bond donors (Lipinski definition) is 2. The molecule has 5 heteroatoms. The predicted molar refractivity (Wildman–Crippen MR) is 62.5 cm³/mol. The van der Waals surface area contributed by atoms with Crippen molar-refractivity contribution >= 4 is 11.6 Å². The molecule has 1 aliphatic heterocycles. The lowest BCUT2D eigenvalue weighted by molar-refractivity contribution is -0.121. The Morgan fingerprint density at radius 3 is 2.71 bits per heavy atom. The number of ether oxygens (including phenoxy) is 1. The number of nitriles is 1. The second kappa shape index (κ2) is 5.32. The molecule has 1 saturated heterocycles. The molecule has 0 saturated carbocycles. The minimum Gasteiger partial charge on any atom is -0.479 e. The van der Waals surface area contributed by atoms with Crippen LogP contribution in [0.3, 0.4) is 0 Å². The van der Waals surface area contributed by atoms with E-state index in [1.54, 1.807) is 24.3 Å². The third-order valence-electron chi connectivity index (χ3n) is 2.58. The van der Waals surface area contributed by atoms with Crippen LogP contribution in [0.4, 0.5) is 5.69 Å². The smallest absolute Gasteiger partial charge is 0.230 e. The van der Waals surface area contributed by atoms with Crippen LogP contribution >= 0.6 is 0 Å². The van der Waals surface area contributed by atoms with Gasteiger partial charge in [0.15, 0.2) is 6.61 Å². The summed E-state index contributed by atoms with van der Waals surface area (Å²) in [6.07, 6.45) is 0. The molecule has 1 aromatic carbocycles. The number of amides is 1. The van der Waals surface area contributed by atoms with Crippen molar-refractivity contribution in [2.24, 2.45) is 5.92 Å². The summed E-state index contributed by atoms with van der Waals surface area (Å²) in [5, 5.41) is 14.2. The fraction of sp³-hybridized carbons (Fsp3) is 0.333. The van der Waals surface area contributed by atoms with Gasteiger partial charge in [-0.3, -0.25) is 4.79 Å². The largest absolute Gasteiger partial charge is 0.479 e. The highest BCUT2D eigenvalue weighted by Crippen LogP contribution is 2.16. The van der Waals surface area contributed by atoms with Gasteiger partial charge in [-0.2, -0.15) is 5.26 Å². The molecule has 5 nitrogen and oxygen atoms in total. The lowest BCUT2D eigenvalue weighted by atomic mass is 10.0. The molecule has 17 heavy (non-hydrogen) atoms. The van der Waals surface area contributed by atoms with Crippen LogP contribution < -0.4 is 15.4 Å². The number of anilines is 1. The average Bonchev–Trinajstić information content (AvgIpc) is 2.26. The number of nitrogens with one attached hydrogen (secondary N) is 2. The average molecular weight is 231 g/mol. The van der Waals surface area contributed by atoms with Crippen LogP contribution in [-0.2, 0) is 4.79 Å². The first-order valence-electron chi connectivity index (χ1n) is 5.41. The molecule has 0 bridgehead atoms. The van der Waals surface area contributed by atoms with Crippen LogP contribution in [0.15, 0.2) is 24.3 Å². The molecule has 1 aromatic rings. The van der Waals surface area contributed by atoms with Crippen LogP contribution in [-0.4, -0.2) is 25.6 Å². The van der Waals surface area contributed by atoms with Gasteiger partial charge < -0.3 is 15.4 Å². The first kappa shape index (κ1) is 11.4. The van der Waals surface area contributed by atoms with Crippen molar-refractivity contribution in [1.82, 2.24) is 5.32 Å². The minimum atomic E-state index is 0.0272. The van der Waals surface area contributed by atoms with Gasteiger partial charge in [0.2, 0.25) is 5.91 Å². The summed E-state index contributed by atoms with van der Waals surface area (Å²) < 4.78 is 5.11. The molecule has 1 heterocycles. The van der Waals surface area contributed by atoms with Gasteiger partial charge in [-0.05, 0) is 24.3 Å². The zero-order valence-electron chi connectivity index (χ0n) is 9.27. The number of carbonyl (C=O) groups excluding carboxylic acids is 1. The highest BCUT2D eigenvalue weighted by Gasteiger charge is 2.24. The summed E-state index contributed by atoms with van der Waals surface area (Å²) in [4.78, 5) is 11.6. The molecule has 0 atom stereocenters. The maximum atomic E-state index is 11.6. The topological polar surface area (TPSA) is 74.1 Å². The van der Waals surface area contributed by atoms with E-state index in [-0.39, 0.29) is 18.4 Å². The predicted octanol–water partition coefficient (Wildman–Crippen LogP) is 0.747. The molecule has 2 N–H and O–H groups in total. The summed E-state index contributed by atoms with van der Waals surface area (Å²) in [5.74, 6) is 0.730. The van der Waals surface area contributed by atoms with Crippen molar-refractivity contribution in [3.8, 4) is 11.8 Å². The number of hydrogen-bond acceptors (Lipinski definition) is 4. The second-order valence-electron chi connectivity index (χ2n) is 3.82.